The van der Waals surface area contributed by atoms with Crippen LogP contribution in [0.5, 0.6) is 0 Å². The van der Waals surface area contributed by atoms with E-state index in [0.29, 0.717) is 28.6 Å². The predicted octanol–water partition coefficient (Wildman–Crippen LogP) is 6.88. The van der Waals surface area contributed by atoms with Crippen molar-refractivity contribution in [1.29, 1.82) is 0 Å². The van der Waals surface area contributed by atoms with Crippen molar-refractivity contribution in [2.45, 2.75) is 17.7 Å². The van der Waals surface area contributed by atoms with Crippen LogP contribution in [-0.2, 0) is 4.74 Å². The molecule has 0 aliphatic carbocycles. The summed E-state index contributed by atoms with van der Waals surface area (Å²) >= 11 is 1.66. The molecule has 5 nitrogen and oxygen atoms in total. The van der Waals surface area contributed by atoms with Crippen LogP contribution in [0.15, 0.2) is 99.0 Å². The number of pyridine rings is 1. The molecule has 0 bridgehead atoms. The molecule has 7 heteroatoms. The maximum Gasteiger partial charge on any atom is 0.351 e. The van der Waals surface area contributed by atoms with E-state index in [-0.39, 0.29) is 18.0 Å². The Morgan fingerprint density at radius 1 is 0.944 bits per heavy atom. The second-order valence-corrected chi connectivity index (χ2v) is 9.32. The molecule has 0 aliphatic heterocycles. The third-order valence-corrected chi connectivity index (χ3v) is 6.86. The molecule has 0 saturated heterocycles. The second-order valence-electron chi connectivity index (χ2n) is 8.18. The van der Waals surface area contributed by atoms with E-state index >= 15 is 0 Å². The number of fused-ring (bicyclic) bond motifs is 2. The summed E-state index contributed by atoms with van der Waals surface area (Å²) in [6.45, 7) is 0.198. The van der Waals surface area contributed by atoms with Gasteiger partial charge in [0, 0.05) is 21.2 Å². The van der Waals surface area contributed by atoms with Gasteiger partial charge in [-0.1, -0.05) is 48.5 Å². The Morgan fingerprint density at radius 2 is 1.72 bits per heavy atom. The molecule has 180 valence electrons. The van der Waals surface area contributed by atoms with E-state index in [9.17, 15) is 14.0 Å². The third kappa shape index (κ3) is 5.16. The fourth-order valence-corrected chi connectivity index (χ4v) is 4.99. The van der Waals surface area contributed by atoms with Gasteiger partial charge in [-0.3, -0.25) is 0 Å². The minimum absolute atomic E-state index is 0.105. The van der Waals surface area contributed by atoms with E-state index in [0.717, 1.165) is 28.0 Å². The molecule has 36 heavy (non-hydrogen) atoms. The van der Waals surface area contributed by atoms with Crippen molar-refractivity contribution >= 4 is 39.6 Å². The molecule has 0 N–H and O–H groups in total. The summed E-state index contributed by atoms with van der Waals surface area (Å²) in [6.07, 6.45) is 1.43. The van der Waals surface area contributed by atoms with Gasteiger partial charge in [0.2, 0.25) is 0 Å². The molecule has 0 amide bonds. The number of ether oxygens (including phenoxy) is 1. The number of esters is 1. The lowest BCUT2D eigenvalue weighted by molar-refractivity contribution is 0.0495. The number of rotatable bonds is 8. The number of aromatic nitrogens is 1. The van der Waals surface area contributed by atoms with Gasteiger partial charge in [0.15, 0.2) is 0 Å². The molecule has 0 atom stereocenters. The number of hydrogen-bond donors (Lipinski definition) is 0. The fourth-order valence-electron chi connectivity index (χ4n) is 3.90. The van der Waals surface area contributed by atoms with Crippen LogP contribution in [0.1, 0.15) is 23.2 Å². The maximum absolute atomic E-state index is 14.4. The largest absolute Gasteiger partial charge is 0.462 e. The standard InChI is InChI=1S/C29H22FNO4S/c30-23-12-4-2-10-20(23)25-18-27(21-11-3-5-13-24(21)31-25)36-16-8-7-15-34-28(32)22-17-19-9-1-6-14-26(19)35-29(22)33/h1-6,9-14,17-18H,7-8,15-16H2. The number of nitrogens with zero attached hydrogens (tertiary/aromatic N) is 1. The number of carbonyl (C=O) groups excluding carboxylic acids is 1. The summed E-state index contributed by atoms with van der Waals surface area (Å²) in [5.74, 6) is -0.212. The molecule has 0 unspecified atom stereocenters. The van der Waals surface area contributed by atoms with Crippen LogP contribution in [0.25, 0.3) is 33.1 Å². The van der Waals surface area contributed by atoms with Crippen molar-refractivity contribution in [2.24, 2.45) is 0 Å². The second kappa shape index (κ2) is 10.7. The zero-order valence-corrected chi connectivity index (χ0v) is 20.1. The molecule has 0 spiro atoms. The highest BCUT2D eigenvalue weighted by molar-refractivity contribution is 7.99. The summed E-state index contributed by atoms with van der Waals surface area (Å²) in [5.41, 5.74) is 1.49. The summed E-state index contributed by atoms with van der Waals surface area (Å²) in [5, 5.41) is 1.68. The maximum atomic E-state index is 14.4. The van der Waals surface area contributed by atoms with Gasteiger partial charge < -0.3 is 9.15 Å². The average Bonchev–Trinajstić information content (AvgIpc) is 2.90. The van der Waals surface area contributed by atoms with Crippen molar-refractivity contribution in [3.63, 3.8) is 0 Å². The van der Waals surface area contributed by atoms with Gasteiger partial charge in [-0.25, -0.2) is 19.0 Å². The predicted molar refractivity (Wildman–Crippen MR) is 140 cm³/mol. The summed E-state index contributed by atoms with van der Waals surface area (Å²) in [6, 6.07) is 24.9. The van der Waals surface area contributed by atoms with Crippen LogP contribution in [0.4, 0.5) is 4.39 Å². The molecule has 0 fully saturated rings. The Labute approximate surface area is 210 Å². The van der Waals surface area contributed by atoms with E-state index in [2.05, 4.69) is 4.98 Å². The first-order valence-corrected chi connectivity index (χ1v) is 12.6. The molecular formula is C29H22FNO4S. The summed E-state index contributed by atoms with van der Waals surface area (Å²) < 4.78 is 24.9. The molecular weight excluding hydrogens is 477 g/mol. The van der Waals surface area contributed by atoms with E-state index in [1.165, 1.54) is 12.1 Å². The van der Waals surface area contributed by atoms with Gasteiger partial charge in [0.25, 0.3) is 0 Å². The first-order valence-electron chi connectivity index (χ1n) is 11.6. The van der Waals surface area contributed by atoms with Crippen LogP contribution < -0.4 is 5.63 Å². The minimum Gasteiger partial charge on any atom is -0.462 e. The van der Waals surface area contributed by atoms with E-state index in [1.807, 2.05) is 30.3 Å². The van der Waals surface area contributed by atoms with E-state index in [1.54, 1.807) is 54.2 Å². The Balaban J connectivity index is 1.20. The van der Waals surface area contributed by atoms with Crippen molar-refractivity contribution in [3.05, 3.63) is 107 Å². The molecule has 0 radical (unpaired) electrons. The van der Waals surface area contributed by atoms with Gasteiger partial charge in [-0.2, -0.15) is 0 Å². The van der Waals surface area contributed by atoms with Crippen LogP contribution in [0, 0.1) is 5.82 Å². The number of hydrogen-bond acceptors (Lipinski definition) is 6. The third-order valence-electron chi connectivity index (χ3n) is 5.72. The van der Waals surface area contributed by atoms with Crippen molar-refractivity contribution in [3.8, 4) is 11.3 Å². The van der Waals surface area contributed by atoms with Crippen LogP contribution in [0.2, 0.25) is 0 Å². The van der Waals surface area contributed by atoms with Crippen molar-refractivity contribution < 1.29 is 18.3 Å². The van der Waals surface area contributed by atoms with Gasteiger partial charge in [0.05, 0.1) is 17.8 Å². The monoisotopic (exact) mass is 499 g/mol. The molecule has 2 aromatic heterocycles. The van der Waals surface area contributed by atoms with Crippen LogP contribution in [-0.4, -0.2) is 23.3 Å². The Morgan fingerprint density at radius 3 is 2.61 bits per heavy atom. The highest BCUT2D eigenvalue weighted by atomic mass is 32.2. The molecule has 5 rings (SSSR count). The molecule has 3 aromatic carbocycles. The number of thioether (sulfide) groups is 1. The Kier molecular flexibility index (Phi) is 7.09. The van der Waals surface area contributed by atoms with E-state index < -0.39 is 11.6 Å². The zero-order valence-electron chi connectivity index (χ0n) is 19.3. The molecule has 0 aliphatic rings. The number of unbranched alkanes of at least 4 members (excludes halogenated alkanes) is 1. The molecule has 2 heterocycles. The lowest BCUT2D eigenvalue weighted by atomic mass is 10.1. The summed E-state index contributed by atoms with van der Waals surface area (Å²) in [4.78, 5) is 30.2. The molecule has 5 aromatic rings. The van der Waals surface area contributed by atoms with Gasteiger partial charge >= 0.3 is 11.6 Å². The lowest BCUT2D eigenvalue weighted by Gasteiger charge is -2.10. The zero-order chi connectivity index (χ0) is 24.9. The van der Waals surface area contributed by atoms with Crippen LogP contribution in [0.3, 0.4) is 0 Å². The quantitative estimate of drug-likeness (QED) is 0.100. The number of benzene rings is 3. The summed E-state index contributed by atoms with van der Waals surface area (Å²) in [7, 11) is 0. The smallest absolute Gasteiger partial charge is 0.351 e. The van der Waals surface area contributed by atoms with Gasteiger partial charge in [-0.05, 0) is 55.0 Å². The highest BCUT2D eigenvalue weighted by Gasteiger charge is 2.15. The van der Waals surface area contributed by atoms with Gasteiger partial charge in [0.1, 0.15) is 17.0 Å². The van der Waals surface area contributed by atoms with E-state index in [4.69, 9.17) is 9.15 Å². The Hall–Kier alpha value is -3.97. The van der Waals surface area contributed by atoms with Crippen LogP contribution >= 0.6 is 11.8 Å². The highest BCUT2D eigenvalue weighted by Crippen LogP contribution is 2.32. The minimum atomic E-state index is -0.704. The first kappa shape index (κ1) is 23.8. The fraction of sp³-hybridized carbons (Fsp3) is 0.138. The lowest BCUT2D eigenvalue weighted by Crippen LogP contribution is -2.17. The number of para-hydroxylation sites is 2. The normalized spacial score (nSPS) is 11.1. The number of carbonyl (C=O) groups is 1. The topological polar surface area (TPSA) is 69.4 Å². The first-order chi connectivity index (χ1) is 17.6. The molecule has 0 saturated carbocycles. The van der Waals surface area contributed by atoms with Crippen molar-refractivity contribution in [1.82, 2.24) is 4.98 Å². The van der Waals surface area contributed by atoms with Crippen molar-refractivity contribution in [2.75, 3.05) is 12.4 Å². The Bertz CT molecular complexity index is 1610. The van der Waals surface area contributed by atoms with Gasteiger partial charge in [-0.15, -0.1) is 11.8 Å². The SMILES string of the molecule is O=C(OCCCCSc1cc(-c2ccccc2F)nc2ccccc12)c1cc2ccccc2oc1=O. The average molecular weight is 500 g/mol. The number of halogens is 1.